The smallest absolute Gasteiger partial charge is 0.271 e. The second kappa shape index (κ2) is 12.9. The number of piperidine rings is 1. The van der Waals surface area contributed by atoms with Crippen LogP contribution >= 0.6 is 0 Å². The fourth-order valence-electron chi connectivity index (χ4n) is 6.11. The number of benzene rings is 1. The highest BCUT2D eigenvalue weighted by molar-refractivity contribution is 5.96. The first-order valence-electron chi connectivity index (χ1n) is 14.8. The van der Waals surface area contributed by atoms with Gasteiger partial charge in [0.1, 0.15) is 0 Å². The number of nitrogens with one attached hydrogen (secondary N) is 2. The van der Waals surface area contributed by atoms with Gasteiger partial charge in [0, 0.05) is 75.8 Å². The minimum Gasteiger partial charge on any atom is -0.371 e. The van der Waals surface area contributed by atoms with Crippen LogP contribution in [0.1, 0.15) is 42.4 Å². The van der Waals surface area contributed by atoms with E-state index in [9.17, 15) is 9.59 Å². The van der Waals surface area contributed by atoms with Gasteiger partial charge in [-0.2, -0.15) is 0 Å². The van der Waals surface area contributed by atoms with Gasteiger partial charge in [0.15, 0.2) is 17.3 Å². The number of anilines is 4. The molecule has 0 aliphatic carbocycles. The van der Waals surface area contributed by atoms with E-state index in [1.54, 1.807) is 0 Å². The fraction of sp³-hybridized carbons (Fsp3) is 0.533. The Morgan fingerprint density at radius 2 is 1.68 bits per heavy atom. The molecule has 3 aliphatic heterocycles. The maximum Gasteiger partial charge on any atom is 0.271 e. The number of carbonyl (C=O) groups is 2. The Morgan fingerprint density at radius 1 is 1.00 bits per heavy atom. The molecule has 11 heteroatoms. The SMILES string of the molecule is C=CC(=O)N[C@@H]1CCN(c2nc(Nc3ccc(N4CCC(N5CCN(C)CC5)CC4)cc3)c(C(N)=O)nc2CC)C1. The van der Waals surface area contributed by atoms with E-state index in [4.69, 9.17) is 10.7 Å². The quantitative estimate of drug-likeness (QED) is 0.395. The van der Waals surface area contributed by atoms with Crippen molar-refractivity contribution in [1.82, 2.24) is 25.1 Å². The number of nitrogens with zero attached hydrogens (tertiary/aromatic N) is 6. The highest BCUT2D eigenvalue weighted by Gasteiger charge is 2.29. The van der Waals surface area contributed by atoms with Crippen LogP contribution in [-0.2, 0) is 11.2 Å². The molecule has 0 radical (unpaired) electrons. The molecule has 41 heavy (non-hydrogen) atoms. The third kappa shape index (κ3) is 6.79. The van der Waals surface area contributed by atoms with E-state index in [0.717, 1.165) is 44.8 Å². The van der Waals surface area contributed by atoms with E-state index >= 15 is 0 Å². The van der Waals surface area contributed by atoms with Crippen molar-refractivity contribution in [2.45, 2.75) is 44.7 Å². The molecular formula is C30H43N9O2. The number of aryl methyl sites for hydroxylation is 1. The summed E-state index contributed by atoms with van der Waals surface area (Å²) in [4.78, 5) is 43.2. The van der Waals surface area contributed by atoms with Crippen molar-refractivity contribution in [3.8, 4) is 0 Å². The van der Waals surface area contributed by atoms with Crippen molar-refractivity contribution >= 4 is 34.8 Å². The van der Waals surface area contributed by atoms with Crippen molar-refractivity contribution in [2.75, 3.05) is 74.5 Å². The lowest BCUT2D eigenvalue weighted by molar-refractivity contribution is -0.117. The predicted octanol–water partition coefficient (Wildman–Crippen LogP) is 1.98. The van der Waals surface area contributed by atoms with Crippen LogP contribution in [-0.4, -0.2) is 103 Å². The number of primary amides is 1. The van der Waals surface area contributed by atoms with Crippen LogP contribution < -0.4 is 26.2 Å². The molecule has 0 unspecified atom stereocenters. The number of carbonyl (C=O) groups excluding carboxylic acids is 2. The van der Waals surface area contributed by atoms with Crippen molar-refractivity contribution in [3.63, 3.8) is 0 Å². The second-order valence-corrected chi connectivity index (χ2v) is 11.3. The molecular weight excluding hydrogens is 518 g/mol. The zero-order chi connectivity index (χ0) is 28.9. The summed E-state index contributed by atoms with van der Waals surface area (Å²) in [5, 5.41) is 6.25. The van der Waals surface area contributed by atoms with Crippen molar-refractivity contribution in [3.05, 3.63) is 48.3 Å². The van der Waals surface area contributed by atoms with E-state index in [0.29, 0.717) is 36.3 Å². The number of likely N-dealkylation sites (N-methyl/N-ethyl adjacent to an activating group) is 1. The zero-order valence-electron chi connectivity index (χ0n) is 24.3. The minimum absolute atomic E-state index is 0.00148. The standard InChI is InChI=1S/C30H43N9O2/c1-4-25-30(39-13-10-22(20-39)32-26(40)5-2)35-29(27(34-25)28(31)41)33-21-6-8-23(9-7-21)37-14-11-24(12-15-37)38-18-16-36(3)17-19-38/h5-9,22,24H,2,4,10-20H2,1,3H3,(H2,31,41)(H,32,40)(H,33,35)/t22-/m1/s1. The lowest BCUT2D eigenvalue weighted by atomic mass is 10.0. The van der Waals surface area contributed by atoms with Gasteiger partial charge < -0.3 is 31.1 Å². The zero-order valence-corrected chi connectivity index (χ0v) is 24.3. The summed E-state index contributed by atoms with van der Waals surface area (Å²) in [5.74, 6) is 0.228. The summed E-state index contributed by atoms with van der Waals surface area (Å²) in [6.45, 7) is 13.6. The van der Waals surface area contributed by atoms with Gasteiger partial charge in [-0.05, 0) is 63.1 Å². The van der Waals surface area contributed by atoms with Crippen LogP contribution in [0.5, 0.6) is 0 Å². The monoisotopic (exact) mass is 561 g/mol. The number of hydrogen-bond acceptors (Lipinski definition) is 9. The number of piperazine rings is 1. The lowest BCUT2D eigenvalue weighted by Crippen LogP contribution is -2.52. The minimum atomic E-state index is -0.626. The first-order valence-corrected chi connectivity index (χ1v) is 14.8. The topological polar surface area (TPSA) is 123 Å². The molecule has 1 atom stereocenters. The number of aromatic nitrogens is 2. The molecule has 0 spiro atoms. The summed E-state index contributed by atoms with van der Waals surface area (Å²) < 4.78 is 0. The van der Waals surface area contributed by atoms with E-state index < -0.39 is 5.91 Å². The van der Waals surface area contributed by atoms with E-state index in [1.165, 1.54) is 37.7 Å². The molecule has 1 aromatic carbocycles. The molecule has 3 fully saturated rings. The Balaban J connectivity index is 1.26. The summed E-state index contributed by atoms with van der Waals surface area (Å²) in [6.07, 6.45) is 5.04. The van der Waals surface area contributed by atoms with Crippen LogP contribution in [0.4, 0.5) is 23.0 Å². The molecule has 0 saturated carbocycles. The van der Waals surface area contributed by atoms with Crippen molar-refractivity contribution in [2.24, 2.45) is 5.73 Å². The van der Waals surface area contributed by atoms with Crippen LogP contribution in [0.15, 0.2) is 36.9 Å². The van der Waals surface area contributed by atoms with Gasteiger partial charge >= 0.3 is 0 Å². The average molecular weight is 562 g/mol. The maximum absolute atomic E-state index is 12.3. The first-order chi connectivity index (χ1) is 19.8. The summed E-state index contributed by atoms with van der Waals surface area (Å²) in [7, 11) is 2.20. The molecule has 4 heterocycles. The van der Waals surface area contributed by atoms with Crippen LogP contribution in [0.2, 0.25) is 0 Å². The van der Waals surface area contributed by atoms with Gasteiger partial charge in [0.25, 0.3) is 5.91 Å². The third-order valence-electron chi connectivity index (χ3n) is 8.55. The van der Waals surface area contributed by atoms with E-state index in [-0.39, 0.29) is 17.6 Å². The normalized spacial score (nSPS) is 20.7. The molecule has 3 aliphatic rings. The Kier molecular flexibility index (Phi) is 9.04. The molecule has 0 bridgehead atoms. The Labute approximate surface area is 242 Å². The van der Waals surface area contributed by atoms with Crippen LogP contribution in [0.25, 0.3) is 0 Å². The van der Waals surface area contributed by atoms with Gasteiger partial charge in [-0.1, -0.05) is 13.5 Å². The highest BCUT2D eigenvalue weighted by atomic mass is 16.2. The lowest BCUT2D eigenvalue weighted by Gasteiger charge is -2.42. The van der Waals surface area contributed by atoms with Crippen molar-refractivity contribution < 1.29 is 9.59 Å². The number of amides is 2. The van der Waals surface area contributed by atoms with E-state index in [2.05, 4.69) is 61.0 Å². The van der Waals surface area contributed by atoms with Gasteiger partial charge in [0.05, 0.1) is 5.69 Å². The molecule has 220 valence electrons. The third-order valence-corrected chi connectivity index (χ3v) is 8.55. The summed E-state index contributed by atoms with van der Waals surface area (Å²) in [6, 6.07) is 8.93. The van der Waals surface area contributed by atoms with Gasteiger partial charge in [-0.25, -0.2) is 9.97 Å². The van der Waals surface area contributed by atoms with Gasteiger partial charge in [0.2, 0.25) is 5.91 Å². The average Bonchev–Trinajstić information content (AvgIpc) is 3.46. The highest BCUT2D eigenvalue weighted by Crippen LogP contribution is 2.29. The van der Waals surface area contributed by atoms with Crippen molar-refractivity contribution in [1.29, 1.82) is 0 Å². The van der Waals surface area contributed by atoms with Gasteiger partial charge in [-0.3, -0.25) is 14.5 Å². The molecule has 2 aromatic rings. The number of rotatable bonds is 9. The Morgan fingerprint density at radius 3 is 2.32 bits per heavy atom. The Hall–Kier alpha value is -3.70. The molecule has 1 aromatic heterocycles. The second-order valence-electron chi connectivity index (χ2n) is 11.3. The van der Waals surface area contributed by atoms with Crippen LogP contribution in [0, 0.1) is 0 Å². The predicted molar refractivity (Wildman–Crippen MR) is 163 cm³/mol. The molecule has 2 amide bonds. The fourth-order valence-corrected chi connectivity index (χ4v) is 6.11. The number of hydrogen-bond donors (Lipinski definition) is 3. The Bertz CT molecular complexity index is 1240. The molecule has 5 rings (SSSR count). The molecule has 3 saturated heterocycles. The number of nitrogens with two attached hydrogens (primary N) is 1. The van der Waals surface area contributed by atoms with Crippen LogP contribution in [0.3, 0.4) is 0 Å². The summed E-state index contributed by atoms with van der Waals surface area (Å²) in [5.41, 5.74) is 8.55. The molecule has 4 N–H and O–H groups in total. The first kappa shape index (κ1) is 28.8. The van der Waals surface area contributed by atoms with E-state index in [1.807, 2.05) is 19.1 Å². The van der Waals surface area contributed by atoms with Gasteiger partial charge in [-0.15, -0.1) is 0 Å². The largest absolute Gasteiger partial charge is 0.371 e. The summed E-state index contributed by atoms with van der Waals surface area (Å²) >= 11 is 0. The molecule has 11 nitrogen and oxygen atoms in total. The maximum atomic E-state index is 12.3.